The summed E-state index contributed by atoms with van der Waals surface area (Å²) in [5.74, 6) is 0.268. The highest BCUT2D eigenvalue weighted by molar-refractivity contribution is 5.72. The molecule has 0 unspecified atom stereocenters. The molecule has 0 aliphatic heterocycles. The van der Waals surface area contributed by atoms with Crippen LogP contribution in [0.4, 0.5) is 5.82 Å². The minimum Gasteiger partial charge on any atom is -0.480 e. The molecule has 2 heterocycles. The van der Waals surface area contributed by atoms with Gasteiger partial charge in [0.2, 0.25) is 0 Å². The van der Waals surface area contributed by atoms with E-state index in [4.69, 9.17) is 5.11 Å². The van der Waals surface area contributed by atoms with Crippen molar-refractivity contribution in [2.24, 2.45) is 0 Å². The van der Waals surface area contributed by atoms with Crippen molar-refractivity contribution >= 4 is 17.4 Å². The largest absolute Gasteiger partial charge is 0.480 e. The van der Waals surface area contributed by atoms with Crippen LogP contribution in [0, 0.1) is 6.92 Å². The number of carboxylic acid groups (broad SMARTS) is 1. The number of nitrogens with zero attached hydrogens (tertiary/aromatic N) is 5. The first kappa shape index (κ1) is 10.3. The van der Waals surface area contributed by atoms with Crippen molar-refractivity contribution in [3.8, 4) is 0 Å². The van der Waals surface area contributed by atoms with E-state index < -0.39 is 5.97 Å². The Morgan fingerprint density at radius 2 is 2.25 bits per heavy atom. The van der Waals surface area contributed by atoms with Crippen LogP contribution in [0.15, 0.2) is 12.1 Å². The lowest BCUT2D eigenvalue weighted by Gasteiger charge is -2.14. The van der Waals surface area contributed by atoms with E-state index in [1.807, 2.05) is 0 Å². The molecule has 0 spiro atoms. The van der Waals surface area contributed by atoms with E-state index in [1.165, 1.54) is 9.53 Å². The first-order chi connectivity index (χ1) is 7.56. The van der Waals surface area contributed by atoms with Gasteiger partial charge in [-0.05, 0) is 19.1 Å². The average Bonchev–Trinajstić information content (AvgIpc) is 2.55. The van der Waals surface area contributed by atoms with Crippen LogP contribution >= 0.6 is 0 Å². The second kappa shape index (κ2) is 3.76. The number of anilines is 1. The first-order valence-corrected chi connectivity index (χ1v) is 4.70. The summed E-state index contributed by atoms with van der Waals surface area (Å²) in [6, 6.07) is 3.47. The van der Waals surface area contributed by atoms with Gasteiger partial charge < -0.3 is 10.0 Å². The summed E-state index contributed by atoms with van der Waals surface area (Å²) in [6.07, 6.45) is 0. The van der Waals surface area contributed by atoms with E-state index in [-0.39, 0.29) is 6.54 Å². The Kier molecular flexibility index (Phi) is 2.43. The third-order valence-corrected chi connectivity index (χ3v) is 2.06. The van der Waals surface area contributed by atoms with Gasteiger partial charge in [0, 0.05) is 7.05 Å². The van der Waals surface area contributed by atoms with Gasteiger partial charge in [-0.1, -0.05) is 0 Å². The van der Waals surface area contributed by atoms with Crippen LogP contribution in [0.5, 0.6) is 0 Å². The molecule has 0 bridgehead atoms. The molecule has 2 aromatic rings. The molecule has 0 fully saturated rings. The van der Waals surface area contributed by atoms with Crippen LogP contribution in [0.2, 0.25) is 0 Å². The molecule has 1 N–H and O–H groups in total. The van der Waals surface area contributed by atoms with Crippen LogP contribution in [-0.2, 0) is 4.79 Å². The lowest BCUT2D eigenvalue weighted by atomic mass is 10.4. The Bertz CT molecular complexity index is 536. The first-order valence-electron chi connectivity index (χ1n) is 4.70. The second-order valence-electron chi connectivity index (χ2n) is 3.45. The van der Waals surface area contributed by atoms with Crippen molar-refractivity contribution in [1.29, 1.82) is 0 Å². The Hall–Kier alpha value is -2.18. The van der Waals surface area contributed by atoms with E-state index >= 15 is 0 Å². The lowest BCUT2D eigenvalue weighted by Crippen LogP contribution is -2.26. The zero-order chi connectivity index (χ0) is 11.7. The maximum Gasteiger partial charge on any atom is 0.323 e. The van der Waals surface area contributed by atoms with Crippen LogP contribution in [0.1, 0.15) is 5.82 Å². The van der Waals surface area contributed by atoms with Crippen molar-refractivity contribution < 1.29 is 9.90 Å². The van der Waals surface area contributed by atoms with Crippen molar-refractivity contribution in [2.75, 3.05) is 18.5 Å². The lowest BCUT2D eigenvalue weighted by molar-refractivity contribution is -0.135. The molecule has 84 valence electrons. The van der Waals surface area contributed by atoms with Crippen molar-refractivity contribution in [1.82, 2.24) is 19.8 Å². The van der Waals surface area contributed by atoms with Crippen molar-refractivity contribution in [3.05, 3.63) is 18.0 Å². The second-order valence-corrected chi connectivity index (χ2v) is 3.45. The summed E-state index contributed by atoms with van der Waals surface area (Å²) >= 11 is 0. The van der Waals surface area contributed by atoms with Gasteiger partial charge in [0.15, 0.2) is 11.5 Å². The number of carbonyl (C=O) groups is 1. The minimum absolute atomic E-state index is 0.105. The van der Waals surface area contributed by atoms with E-state index in [1.54, 1.807) is 26.1 Å². The quantitative estimate of drug-likeness (QED) is 0.782. The maximum atomic E-state index is 10.5. The Labute approximate surface area is 91.3 Å². The highest BCUT2D eigenvalue weighted by Gasteiger charge is 2.08. The highest BCUT2D eigenvalue weighted by Crippen LogP contribution is 2.09. The standard InChI is InChI=1S/C9H11N5O2/c1-6-10-7-3-4-8(12-14(7)11-6)13(2)5-9(15)16/h3-4H,5H2,1-2H3,(H,15,16). The van der Waals surface area contributed by atoms with Gasteiger partial charge in [0.1, 0.15) is 12.4 Å². The fraction of sp³-hybridized carbons (Fsp3) is 0.333. The number of aliphatic carboxylic acids is 1. The number of likely N-dealkylation sites (N-methyl/N-ethyl adjacent to an activating group) is 1. The molecule has 0 saturated heterocycles. The fourth-order valence-corrected chi connectivity index (χ4v) is 1.37. The molecule has 0 aliphatic carbocycles. The van der Waals surface area contributed by atoms with E-state index in [0.717, 1.165) is 0 Å². The monoisotopic (exact) mass is 221 g/mol. The predicted octanol–water partition coefficient (Wildman–Crippen LogP) is -0.0465. The summed E-state index contributed by atoms with van der Waals surface area (Å²) in [7, 11) is 1.66. The summed E-state index contributed by atoms with van der Waals surface area (Å²) in [5.41, 5.74) is 0.643. The Morgan fingerprint density at radius 1 is 1.50 bits per heavy atom. The minimum atomic E-state index is -0.904. The van der Waals surface area contributed by atoms with Crippen LogP contribution in [0.3, 0.4) is 0 Å². The molecule has 0 amide bonds. The number of hydrogen-bond acceptors (Lipinski definition) is 5. The summed E-state index contributed by atoms with van der Waals surface area (Å²) in [6.45, 7) is 1.67. The van der Waals surface area contributed by atoms with Gasteiger partial charge in [0.25, 0.3) is 0 Å². The third kappa shape index (κ3) is 1.92. The van der Waals surface area contributed by atoms with Crippen molar-refractivity contribution in [3.63, 3.8) is 0 Å². The maximum absolute atomic E-state index is 10.5. The van der Waals surface area contributed by atoms with Crippen LogP contribution < -0.4 is 4.90 Å². The molecular formula is C9H11N5O2. The van der Waals surface area contributed by atoms with Gasteiger partial charge in [-0.2, -0.15) is 0 Å². The fourth-order valence-electron chi connectivity index (χ4n) is 1.37. The van der Waals surface area contributed by atoms with E-state index in [0.29, 0.717) is 17.3 Å². The SMILES string of the molecule is Cc1nc2ccc(N(C)CC(=O)O)nn2n1. The topological polar surface area (TPSA) is 83.6 Å². The van der Waals surface area contributed by atoms with E-state index in [9.17, 15) is 4.79 Å². The van der Waals surface area contributed by atoms with Gasteiger partial charge >= 0.3 is 5.97 Å². The molecule has 7 heteroatoms. The van der Waals surface area contributed by atoms with Crippen molar-refractivity contribution in [2.45, 2.75) is 6.92 Å². The highest BCUT2D eigenvalue weighted by atomic mass is 16.4. The smallest absolute Gasteiger partial charge is 0.323 e. The van der Waals surface area contributed by atoms with Crippen LogP contribution in [0.25, 0.3) is 5.65 Å². The molecule has 0 atom stereocenters. The van der Waals surface area contributed by atoms with Gasteiger partial charge in [-0.3, -0.25) is 4.79 Å². The number of carboxylic acids is 1. The summed E-state index contributed by atoms with van der Waals surface area (Å²) in [4.78, 5) is 16.2. The molecule has 0 aromatic carbocycles. The van der Waals surface area contributed by atoms with Crippen LogP contribution in [-0.4, -0.2) is 44.5 Å². The number of fused-ring (bicyclic) bond motifs is 1. The number of aromatic nitrogens is 4. The molecule has 0 radical (unpaired) electrons. The molecule has 0 saturated carbocycles. The average molecular weight is 221 g/mol. The molecular weight excluding hydrogens is 210 g/mol. The molecule has 7 nitrogen and oxygen atoms in total. The molecule has 16 heavy (non-hydrogen) atoms. The molecule has 2 rings (SSSR count). The van der Waals surface area contributed by atoms with E-state index in [2.05, 4.69) is 15.2 Å². The number of rotatable bonds is 3. The third-order valence-electron chi connectivity index (χ3n) is 2.06. The van der Waals surface area contributed by atoms with Gasteiger partial charge in [-0.15, -0.1) is 14.8 Å². The Morgan fingerprint density at radius 3 is 2.94 bits per heavy atom. The number of hydrogen-bond donors (Lipinski definition) is 1. The van der Waals surface area contributed by atoms with Gasteiger partial charge in [-0.25, -0.2) is 4.98 Å². The molecule has 2 aromatic heterocycles. The normalized spacial score (nSPS) is 10.6. The zero-order valence-electron chi connectivity index (χ0n) is 8.95. The summed E-state index contributed by atoms with van der Waals surface area (Å²) in [5, 5.41) is 16.9. The zero-order valence-corrected chi connectivity index (χ0v) is 8.95. The Balaban J connectivity index is 2.34. The van der Waals surface area contributed by atoms with Gasteiger partial charge in [0.05, 0.1) is 0 Å². The summed E-state index contributed by atoms with van der Waals surface area (Å²) < 4.78 is 1.39. The molecule has 0 aliphatic rings. The number of aryl methyl sites for hydroxylation is 1. The predicted molar refractivity (Wildman–Crippen MR) is 56.4 cm³/mol.